The van der Waals surface area contributed by atoms with Crippen LogP contribution in [0.1, 0.15) is 28.0 Å². The molecule has 0 spiro atoms. The van der Waals surface area contributed by atoms with Gasteiger partial charge in [-0.2, -0.15) is 0 Å². The fraction of sp³-hybridized carbons (Fsp3) is 0.294. The molecule has 5 nitrogen and oxygen atoms in total. The Balaban J connectivity index is 1.69. The molecular weight excluding hydrogens is 331 g/mol. The van der Waals surface area contributed by atoms with Crippen LogP contribution in [0, 0.1) is 5.82 Å². The molecule has 1 aliphatic heterocycles. The van der Waals surface area contributed by atoms with Crippen molar-refractivity contribution in [3.63, 3.8) is 0 Å². The van der Waals surface area contributed by atoms with Gasteiger partial charge in [-0.1, -0.05) is 12.1 Å². The van der Waals surface area contributed by atoms with E-state index in [0.717, 1.165) is 5.56 Å². The van der Waals surface area contributed by atoms with E-state index in [0.29, 0.717) is 24.1 Å². The highest BCUT2D eigenvalue weighted by molar-refractivity contribution is 7.91. The van der Waals surface area contributed by atoms with Gasteiger partial charge in [0.15, 0.2) is 9.84 Å². The minimum atomic E-state index is -3.04. The van der Waals surface area contributed by atoms with Gasteiger partial charge in [0.25, 0.3) is 5.91 Å². The van der Waals surface area contributed by atoms with E-state index in [1.807, 2.05) is 0 Å². The third-order valence-electron chi connectivity index (χ3n) is 3.92. The summed E-state index contributed by atoms with van der Waals surface area (Å²) in [5.41, 5.74) is 1.83. The van der Waals surface area contributed by atoms with Gasteiger partial charge >= 0.3 is 0 Å². The number of sulfone groups is 1. The minimum Gasteiger partial charge on any atom is -0.348 e. The lowest BCUT2D eigenvalue weighted by molar-refractivity contribution is 0.0941. The van der Waals surface area contributed by atoms with Crippen LogP contribution < -0.4 is 5.32 Å². The van der Waals surface area contributed by atoms with Crippen molar-refractivity contribution in [3.8, 4) is 0 Å². The molecular formula is C17H17FN2O3S. The summed E-state index contributed by atoms with van der Waals surface area (Å²) in [5.74, 6) is -0.539. The van der Waals surface area contributed by atoms with Gasteiger partial charge < -0.3 is 5.32 Å². The number of rotatable bonds is 4. The van der Waals surface area contributed by atoms with Crippen molar-refractivity contribution in [3.05, 3.63) is 65.2 Å². The van der Waals surface area contributed by atoms with Crippen molar-refractivity contribution in [2.45, 2.75) is 18.9 Å². The Morgan fingerprint density at radius 2 is 2.12 bits per heavy atom. The number of amides is 1. The van der Waals surface area contributed by atoms with Crippen molar-refractivity contribution in [2.75, 3.05) is 11.5 Å². The Morgan fingerprint density at radius 1 is 1.29 bits per heavy atom. The van der Waals surface area contributed by atoms with Crippen molar-refractivity contribution < 1.29 is 17.6 Å². The van der Waals surface area contributed by atoms with Crippen LogP contribution in [0.2, 0.25) is 0 Å². The highest BCUT2D eigenvalue weighted by atomic mass is 32.2. The van der Waals surface area contributed by atoms with E-state index in [2.05, 4.69) is 10.3 Å². The lowest BCUT2D eigenvalue weighted by Gasteiger charge is -2.11. The lowest BCUT2D eigenvalue weighted by Crippen LogP contribution is -2.35. The topological polar surface area (TPSA) is 76.1 Å². The molecule has 0 bridgehead atoms. The molecule has 1 amide bonds. The number of nitrogens with zero attached hydrogens (tertiary/aromatic N) is 1. The summed E-state index contributed by atoms with van der Waals surface area (Å²) < 4.78 is 36.1. The smallest absolute Gasteiger partial charge is 0.251 e. The van der Waals surface area contributed by atoms with E-state index in [1.165, 1.54) is 18.3 Å². The maximum absolute atomic E-state index is 13.2. The van der Waals surface area contributed by atoms with Crippen molar-refractivity contribution in [2.24, 2.45) is 0 Å². The maximum atomic E-state index is 13.2. The molecule has 0 unspecified atom stereocenters. The molecule has 0 aliphatic carbocycles. The van der Waals surface area contributed by atoms with E-state index < -0.39 is 9.84 Å². The zero-order chi connectivity index (χ0) is 17.2. The molecule has 0 radical (unpaired) electrons. The zero-order valence-electron chi connectivity index (χ0n) is 12.9. The van der Waals surface area contributed by atoms with Crippen LogP contribution in [-0.4, -0.2) is 36.9 Å². The van der Waals surface area contributed by atoms with E-state index in [-0.39, 0.29) is 29.3 Å². The first kappa shape index (κ1) is 16.6. The van der Waals surface area contributed by atoms with Gasteiger partial charge in [0.05, 0.1) is 11.5 Å². The molecule has 1 aliphatic rings. The molecule has 1 aromatic heterocycles. The van der Waals surface area contributed by atoms with Crippen molar-refractivity contribution in [1.82, 2.24) is 10.3 Å². The second-order valence-corrected chi connectivity index (χ2v) is 8.14. The third-order valence-corrected chi connectivity index (χ3v) is 5.69. The fourth-order valence-electron chi connectivity index (χ4n) is 2.75. The Bertz CT molecular complexity index is 868. The number of benzene rings is 1. The maximum Gasteiger partial charge on any atom is 0.251 e. The summed E-state index contributed by atoms with van der Waals surface area (Å²) in [6, 6.07) is 9.09. The highest BCUT2D eigenvalue weighted by Crippen LogP contribution is 2.14. The molecule has 2 aromatic rings. The van der Waals surface area contributed by atoms with Crippen molar-refractivity contribution >= 4 is 15.7 Å². The third kappa shape index (κ3) is 4.17. The van der Waals surface area contributed by atoms with E-state index in [4.69, 9.17) is 0 Å². The molecule has 126 valence electrons. The second kappa shape index (κ2) is 6.68. The number of pyridine rings is 1. The Labute approximate surface area is 139 Å². The van der Waals surface area contributed by atoms with Gasteiger partial charge in [0, 0.05) is 29.9 Å². The first-order valence-corrected chi connectivity index (χ1v) is 9.44. The summed E-state index contributed by atoms with van der Waals surface area (Å²) >= 11 is 0. The van der Waals surface area contributed by atoms with Crippen LogP contribution >= 0.6 is 0 Å². The van der Waals surface area contributed by atoms with Crippen LogP contribution in [0.5, 0.6) is 0 Å². The summed E-state index contributed by atoms with van der Waals surface area (Å²) in [5, 5.41) is 2.75. The number of aromatic nitrogens is 1. The molecule has 0 saturated carbocycles. The molecule has 1 atom stereocenters. The van der Waals surface area contributed by atoms with Crippen LogP contribution in [0.15, 0.2) is 42.6 Å². The Hall–Kier alpha value is -2.28. The quantitative estimate of drug-likeness (QED) is 0.913. The summed E-state index contributed by atoms with van der Waals surface area (Å²) in [4.78, 5) is 16.5. The normalized spacial score (nSPS) is 19.1. The largest absolute Gasteiger partial charge is 0.348 e. The number of carbonyl (C=O) groups is 1. The zero-order valence-corrected chi connectivity index (χ0v) is 13.7. The molecule has 2 heterocycles. The average Bonchev–Trinajstić information content (AvgIpc) is 2.86. The first-order chi connectivity index (χ1) is 11.4. The predicted octanol–water partition coefficient (Wildman–Crippen LogP) is 1.73. The summed E-state index contributed by atoms with van der Waals surface area (Å²) in [7, 11) is -3.04. The monoisotopic (exact) mass is 348 g/mol. The van der Waals surface area contributed by atoms with Gasteiger partial charge in [0.1, 0.15) is 5.82 Å². The molecule has 1 aromatic carbocycles. The molecule has 3 rings (SSSR count). The number of nitrogens with one attached hydrogen (secondary N) is 1. The molecule has 1 saturated heterocycles. The van der Waals surface area contributed by atoms with Crippen LogP contribution in [-0.2, 0) is 16.3 Å². The molecule has 1 N–H and O–H groups in total. The number of halogens is 1. The average molecular weight is 348 g/mol. The van der Waals surface area contributed by atoms with Gasteiger partial charge in [-0.05, 0) is 36.2 Å². The van der Waals surface area contributed by atoms with Crippen LogP contribution in [0.4, 0.5) is 4.39 Å². The van der Waals surface area contributed by atoms with Gasteiger partial charge in [-0.15, -0.1) is 0 Å². The molecule has 1 fully saturated rings. The highest BCUT2D eigenvalue weighted by Gasteiger charge is 2.29. The predicted molar refractivity (Wildman–Crippen MR) is 88.0 cm³/mol. The van der Waals surface area contributed by atoms with Crippen LogP contribution in [0.3, 0.4) is 0 Å². The SMILES string of the molecule is O=C(N[C@@H]1CCS(=O)(=O)C1)c1ccnc(Cc2cccc(F)c2)c1. The summed E-state index contributed by atoms with van der Waals surface area (Å²) in [6.07, 6.45) is 2.38. The number of hydrogen-bond acceptors (Lipinski definition) is 4. The van der Waals surface area contributed by atoms with Crippen molar-refractivity contribution in [1.29, 1.82) is 0 Å². The lowest BCUT2D eigenvalue weighted by atomic mass is 10.1. The molecule has 24 heavy (non-hydrogen) atoms. The number of hydrogen-bond donors (Lipinski definition) is 1. The van der Waals surface area contributed by atoms with E-state index in [9.17, 15) is 17.6 Å². The summed E-state index contributed by atoms with van der Waals surface area (Å²) in [6.45, 7) is 0. The standard InChI is InChI=1S/C17H17FN2O3S/c18-14-3-1-2-12(8-14)9-16-10-13(4-6-19-16)17(21)20-15-5-7-24(22,23)11-15/h1-4,6,8,10,15H,5,7,9,11H2,(H,20,21)/t15-/m1/s1. The second-order valence-electron chi connectivity index (χ2n) is 5.92. The Kier molecular flexibility index (Phi) is 4.62. The number of carbonyl (C=O) groups excluding carboxylic acids is 1. The van der Waals surface area contributed by atoms with Gasteiger partial charge in [-0.3, -0.25) is 9.78 Å². The minimum absolute atomic E-state index is 0.0139. The Morgan fingerprint density at radius 3 is 2.83 bits per heavy atom. The van der Waals surface area contributed by atoms with Gasteiger partial charge in [-0.25, -0.2) is 12.8 Å². The van der Waals surface area contributed by atoms with E-state index in [1.54, 1.807) is 24.3 Å². The van der Waals surface area contributed by atoms with Gasteiger partial charge in [0.2, 0.25) is 0 Å². The molecule has 7 heteroatoms. The first-order valence-electron chi connectivity index (χ1n) is 7.62. The van der Waals surface area contributed by atoms with E-state index >= 15 is 0 Å². The fourth-order valence-corrected chi connectivity index (χ4v) is 4.42. The van der Waals surface area contributed by atoms with Crippen LogP contribution in [0.25, 0.3) is 0 Å².